The normalized spacial score (nSPS) is 21.7. The first-order valence-corrected chi connectivity index (χ1v) is 9.63. The fourth-order valence-electron chi connectivity index (χ4n) is 3.29. The Morgan fingerprint density at radius 2 is 1.92 bits per heavy atom. The molecule has 142 valence electrons. The molecule has 2 aliphatic rings. The molecule has 0 spiro atoms. The fraction of sp³-hybridized carbons (Fsp3) is 0.556. The molecule has 8 heteroatoms. The minimum Gasteiger partial charge on any atom is -0.493 e. The zero-order chi connectivity index (χ0) is 18.7. The first-order chi connectivity index (χ1) is 12.6. The van der Waals surface area contributed by atoms with Crippen molar-refractivity contribution in [1.29, 1.82) is 0 Å². The van der Waals surface area contributed by atoms with Crippen LogP contribution in [0.4, 0.5) is 0 Å². The summed E-state index contributed by atoms with van der Waals surface area (Å²) in [5, 5.41) is -0.220. The SMILES string of the molecule is COc1ccc([C@H]2SCC(=O)N2[C@@H](C)C(=O)N2CCOCC2)cc1OC. The first kappa shape index (κ1) is 18.8. The van der Waals surface area contributed by atoms with Crippen LogP contribution in [0.1, 0.15) is 17.9 Å². The summed E-state index contributed by atoms with van der Waals surface area (Å²) in [6.45, 7) is 4.02. The van der Waals surface area contributed by atoms with Gasteiger partial charge in [0, 0.05) is 13.1 Å². The average molecular weight is 380 g/mol. The van der Waals surface area contributed by atoms with Crippen LogP contribution < -0.4 is 9.47 Å². The van der Waals surface area contributed by atoms with Gasteiger partial charge in [-0.05, 0) is 24.6 Å². The Hall–Kier alpha value is -1.93. The number of rotatable bonds is 5. The summed E-state index contributed by atoms with van der Waals surface area (Å²) in [4.78, 5) is 28.8. The molecule has 2 amide bonds. The van der Waals surface area contributed by atoms with Gasteiger partial charge in [-0.25, -0.2) is 0 Å². The first-order valence-electron chi connectivity index (χ1n) is 8.58. The number of carbonyl (C=O) groups excluding carboxylic acids is 2. The number of morpholine rings is 1. The third-order valence-electron chi connectivity index (χ3n) is 4.70. The van der Waals surface area contributed by atoms with Crippen LogP contribution in [0.3, 0.4) is 0 Å². The number of nitrogens with zero attached hydrogens (tertiary/aromatic N) is 2. The summed E-state index contributed by atoms with van der Waals surface area (Å²) in [7, 11) is 3.16. The summed E-state index contributed by atoms with van der Waals surface area (Å²) >= 11 is 1.52. The van der Waals surface area contributed by atoms with Crippen LogP contribution in [0.2, 0.25) is 0 Å². The lowest BCUT2D eigenvalue weighted by Gasteiger charge is -2.35. The Balaban J connectivity index is 1.83. The molecular weight excluding hydrogens is 356 g/mol. The Morgan fingerprint density at radius 3 is 2.58 bits per heavy atom. The topological polar surface area (TPSA) is 68.3 Å². The monoisotopic (exact) mass is 380 g/mol. The number of carbonyl (C=O) groups is 2. The van der Waals surface area contributed by atoms with Gasteiger partial charge in [-0.2, -0.15) is 0 Å². The van der Waals surface area contributed by atoms with Crippen LogP contribution in [-0.2, 0) is 14.3 Å². The molecule has 7 nitrogen and oxygen atoms in total. The van der Waals surface area contributed by atoms with Crippen LogP contribution in [0.25, 0.3) is 0 Å². The second-order valence-electron chi connectivity index (χ2n) is 6.19. The summed E-state index contributed by atoms with van der Waals surface area (Å²) in [5.74, 6) is 1.55. The van der Waals surface area contributed by atoms with Crippen molar-refractivity contribution >= 4 is 23.6 Å². The second-order valence-corrected chi connectivity index (χ2v) is 7.26. The number of hydrogen-bond donors (Lipinski definition) is 0. The molecule has 2 heterocycles. The van der Waals surface area contributed by atoms with Crippen molar-refractivity contribution in [1.82, 2.24) is 9.80 Å². The van der Waals surface area contributed by atoms with Crippen molar-refractivity contribution in [3.8, 4) is 11.5 Å². The van der Waals surface area contributed by atoms with Gasteiger partial charge < -0.3 is 24.0 Å². The molecule has 26 heavy (non-hydrogen) atoms. The summed E-state index contributed by atoms with van der Waals surface area (Å²) < 4.78 is 16.0. The van der Waals surface area contributed by atoms with Gasteiger partial charge in [0.25, 0.3) is 0 Å². The lowest BCUT2D eigenvalue weighted by atomic mass is 10.1. The highest BCUT2D eigenvalue weighted by atomic mass is 32.2. The van der Waals surface area contributed by atoms with E-state index >= 15 is 0 Å². The maximum Gasteiger partial charge on any atom is 0.245 e. The van der Waals surface area contributed by atoms with Gasteiger partial charge in [0.15, 0.2) is 11.5 Å². The molecule has 1 aromatic carbocycles. The third-order valence-corrected chi connectivity index (χ3v) is 5.92. The number of ether oxygens (including phenoxy) is 3. The molecule has 0 bridgehead atoms. The highest BCUT2D eigenvalue weighted by Gasteiger charge is 2.40. The van der Waals surface area contributed by atoms with E-state index in [1.165, 1.54) is 11.8 Å². The molecule has 0 N–H and O–H groups in total. The quantitative estimate of drug-likeness (QED) is 0.772. The van der Waals surface area contributed by atoms with Crippen molar-refractivity contribution in [3.05, 3.63) is 23.8 Å². The molecule has 2 aliphatic heterocycles. The van der Waals surface area contributed by atoms with Crippen LogP contribution in [0.5, 0.6) is 11.5 Å². The largest absolute Gasteiger partial charge is 0.493 e. The van der Waals surface area contributed by atoms with E-state index < -0.39 is 6.04 Å². The smallest absolute Gasteiger partial charge is 0.245 e. The third kappa shape index (κ3) is 3.61. The Morgan fingerprint density at radius 1 is 1.23 bits per heavy atom. The van der Waals surface area contributed by atoms with Gasteiger partial charge in [-0.1, -0.05) is 6.07 Å². The standard InChI is InChI=1S/C18H24N2O5S/c1-12(17(22)19-6-8-25-9-7-19)20-16(21)11-26-18(20)13-4-5-14(23-2)15(10-13)24-3/h4-5,10,12,18H,6-9,11H2,1-3H3/t12-,18+/m0/s1. The highest BCUT2D eigenvalue weighted by Crippen LogP contribution is 2.42. The Bertz CT molecular complexity index is 678. The van der Waals surface area contributed by atoms with E-state index in [2.05, 4.69) is 0 Å². The van der Waals surface area contributed by atoms with E-state index in [4.69, 9.17) is 14.2 Å². The zero-order valence-corrected chi connectivity index (χ0v) is 16.1. The lowest BCUT2D eigenvalue weighted by Crippen LogP contribution is -2.51. The van der Waals surface area contributed by atoms with E-state index in [0.717, 1.165) is 5.56 Å². The molecule has 2 fully saturated rings. The Labute approximate surface area is 157 Å². The molecular formula is C18H24N2O5S. The van der Waals surface area contributed by atoms with E-state index in [1.807, 2.05) is 18.2 Å². The summed E-state index contributed by atoms with van der Waals surface area (Å²) in [6.07, 6.45) is 0. The minimum atomic E-state index is -0.520. The number of thioether (sulfide) groups is 1. The number of methoxy groups -OCH3 is 2. The van der Waals surface area contributed by atoms with Crippen molar-refractivity contribution < 1.29 is 23.8 Å². The summed E-state index contributed by atoms with van der Waals surface area (Å²) in [6, 6.07) is 5.09. The fourth-order valence-corrected chi connectivity index (χ4v) is 4.53. The van der Waals surface area contributed by atoms with E-state index in [1.54, 1.807) is 30.9 Å². The molecule has 0 saturated carbocycles. The molecule has 0 aromatic heterocycles. The van der Waals surface area contributed by atoms with E-state index in [9.17, 15) is 9.59 Å². The molecule has 0 aliphatic carbocycles. The van der Waals surface area contributed by atoms with Gasteiger partial charge in [-0.3, -0.25) is 9.59 Å². The van der Waals surface area contributed by atoms with Gasteiger partial charge in [-0.15, -0.1) is 11.8 Å². The van der Waals surface area contributed by atoms with Crippen molar-refractivity contribution in [2.75, 3.05) is 46.3 Å². The molecule has 3 rings (SSSR count). The van der Waals surface area contributed by atoms with Gasteiger partial charge in [0.1, 0.15) is 11.4 Å². The van der Waals surface area contributed by atoms with Crippen LogP contribution in [0.15, 0.2) is 18.2 Å². The lowest BCUT2D eigenvalue weighted by molar-refractivity contribution is -0.146. The Kier molecular flexibility index (Phi) is 5.93. The maximum absolute atomic E-state index is 12.9. The number of hydrogen-bond acceptors (Lipinski definition) is 6. The predicted molar refractivity (Wildman–Crippen MR) is 98.5 cm³/mol. The van der Waals surface area contributed by atoms with Crippen LogP contribution in [0, 0.1) is 0 Å². The van der Waals surface area contributed by atoms with Crippen LogP contribution in [-0.4, -0.2) is 73.9 Å². The highest BCUT2D eigenvalue weighted by molar-refractivity contribution is 8.00. The second kappa shape index (κ2) is 8.18. The molecule has 2 saturated heterocycles. The van der Waals surface area contributed by atoms with E-state index in [0.29, 0.717) is 43.6 Å². The predicted octanol–water partition coefficient (Wildman–Crippen LogP) is 1.53. The molecule has 0 radical (unpaired) electrons. The molecule has 2 atom stereocenters. The molecule has 1 aromatic rings. The average Bonchev–Trinajstić information content (AvgIpc) is 3.08. The number of amides is 2. The van der Waals surface area contributed by atoms with Crippen LogP contribution >= 0.6 is 11.8 Å². The van der Waals surface area contributed by atoms with Gasteiger partial charge in [0.2, 0.25) is 11.8 Å². The van der Waals surface area contributed by atoms with Crippen molar-refractivity contribution in [2.45, 2.75) is 18.3 Å². The van der Waals surface area contributed by atoms with Gasteiger partial charge >= 0.3 is 0 Å². The maximum atomic E-state index is 12.9. The van der Waals surface area contributed by atoms with Gasteiger partial charge in [0.05, 0.1) is 33.2 Å². The van der Waals surface area contributed by atoms with Crippen molar-refractivity contribution in [2.24, 2.45) is 0 Å². The minimum absolute atomic E-state index is 0.0242. The number of benzene rings is 1. The van der Waals surface area contributed by atoms with E-state index in [-0.39, 0.29) is 17.2 Å². The summed E-state index contributed by atoms with van der Waals surface area (Å²) in [5.41, 5.74) is 0.917. The zero-order valence-electron chi connectivity index (χ0n) is 15.3. The molecule has 0 unspecified atom stereocenters. The van der Waals surface area contributed by atoms with Crippen molar-refractivity contribution in [3.63, 3.8) is 0 Å².